The van der Waals surface area contributed by atoms with E-state index in [4.69, 9.17) is 23.4 Å². The van der Waals surface area contributed by atoms with E-state index in [0.29, 0.717) is 11.5 Å². The standard InChI is InChI=1S/C35H31NO7/c1-4-34(37)41-18-16-39-28-20-27(21-29(23-28)40-17-19-42-35(38)5-2)36(25-12-10-24(3)11-13-25)26-14-15-31-30-8-6-7-9-32(30)43-33(31)22-26/h4-15,20-23H,1-2,16-19H2,3H3. The first-order valence-corrected chi connectivity index (χ1v) is 13.7. The molecule has 0 fully saturated rings. The van der Waals surface area contributed by atoms with Crippen LogP contribution in [0.15, 0.2) is 115 Å². The largest absolute Gasteiger partial charge is 0.490 e. The van der Waals surface area contributed by atoms with Gasteiger partial charge in [-0.1, -0.05) is 49.1 Å². The number of carbonyl (C=O) groups is 2. The number of anilines is 3. The molecule has 0 saturated heterocycles. The number of rotatable bonds is 13. The Labute approximate surface area is 249 Å². The zero-order valence-electron chi connectivity index (χ0n) is 23.8. The third kappa shape index (κ3) is 7.05. The summed E-state index contributed by atoms with van der Waals surface area (Å²) < 4.78 is 28.2. The van der Waals surface area contributed by atoms with E-state index in [0.717, 1.165) is 56.7 Å². The van der Waals surface area contributed by atoms with E-state index in [2.05, 4.69) is 24.1 Å². The third-order valence-corrected chi connectivity index (χ3v) is 6.56. The van der Waals surface area contributed by atoms with Crippen molar-refractivity contribution in [3.05, 3.63) is 116 Å². The predicted octanol–water partition coefficient (Wildman–Crippen LogP) is 7.58. The highest BCUT2D eigenvalue weighted by atomic mass is 16.6. The van der Waals surface area contributed by atoms with Crippen molar-refractivity contribution in [1.29, 1.82) is 0 Å². The molecule has 0 aliphatic carbocycles. The lowest BCUT2D eigenvalue weighted by Gasteiger charge is -2.26. The fraction of sp³-hybridized carbons (Fsp3) is 0.143. The lowest BCUT2D eigenvalue weighted by Crippen LogP contribution is -2.13. The van der Waals surface area contributed by atoms with Crippen LogP contribution in [-0.4, -0.2) is 38.4 Å². The van der Waals surface area contributed by atoms with Gasteiger partial charge < -0.3 is 28.3 Å². The second-order valence-electron chi connectivity index (χ2n) is 9.55. The quantitative estimate of drug-likeness (QED) is 0.0804. The molecule has 0 bridgehead atoms. The number of hydrogen-bond acceptors (Lipinski definition) is 8. The molecule has 8 nitrogen and oxygen atoms in total. The second kappa shape index (κ2) is 13.4. The molecule has 0 unspecified atom stereocenters. The summed E-state index contributed by atoms with van der Waals surface area (Å²) >= 11 is 0. The summed E-state index contributed by atoms with van der Waals surface area (Å²) in [6.45, 7) is 9.18. The first-order valence-electron chi connectivity index (χ1n) is 13.7. The van der Waals surface area contributed by atoms with E-state index < -0.39 is 11.9 Å². The van der Waals surface area contributed by atoms with Crippen LogP contribution in [0.5, 0.6) is 11.5 Å². The van der Waals surface area contributed by atoms with Crippen LogP contribution in [0.4, 0.5) is 17.1 Å². The van der Waals surface area contributed by atoms with Crippen molar-refractivity contribution in [2.45, 2.75) is 6.92 Å². The molecule has 218 valence electrons. The van der Waals surface area contributed by atoms with Gasteiger partial charge in [-0.3, -0.25) is 0 Å². The van der Waals surface area contributed by atoms with Gasteiger partial charge in [0.2, 0.25) is 0 Å². The Bertz CT molecular complexity index is 1720. The lowest BCUT2D eigenvalue weighted by molar-refractivity contribution is -0.139. The molecule has 8 heteroatoms. The molecule has 0 aliphatic heterocycles. The minimum atomic E-state index is -0.526. The van der Waals surface area contributed by atoms with Crippen LogP contribution < -0.4 is 14.4 Å². The molecule has 0 spiro atoms. The maximum Gasteiger partial charge on any atom is 0.330 e. The van der Waals surface area contributed by atoms with Crippen LogP contribution in [0.25, 0.3) is 21.9 Å². The van der Waals surface area contributed by atoms with E-state index >= 15 is 0 Å². The molecule has 5 aromatic rings. The fourth-order valence-corrected chi connectivity index (χ4v) is 4.57. The molecule has 0 N–H and O–H groups in total. The van der Waals surface area contributed by atoms with E-state index in [1.165, 1.54) is 0 Å². The lowest BCUT2D eigenvalue weighted by atomic mass is 10.1. The Kier molecular flexibility index (Phi) is 9.07. The van der Waals surface area contributed by atoms with Gasteiger partial charge in [0.1, 0.15) is 49.1 Å². The first-order chi connectivity index (χ1) is 20.9. The molecule has 5 rings (SSSR count). The SMILES string of the molecule is C=CC(=O)OCCOc1cc(OCCOC(=O)C=C)cc(N(c2ccc(C)cc2)c2ccc3c(c2)oc2ccccc23)c1. The number of aryl methyl sites for hydroxylation is 1. The van der Waals surface area contributed by atoms with E-state index in [-0.39, 0.29) is 26.4 Å². The average Bonchev–Trinajstić information content (AvgIpc) is 3.40. The molecule has 0 radical (unpaired) electrons. The van der Waals surface area contributed by atoms with Gasteiger partial charge in [-0.15, -0.1) is 0 Å². The van der Waals surface area contributed by atoms with Crippen LogP contribution in [0.2, 0.25) is 0 Å². The van der Waals surface area contributed by atoms with E-state index in [1.807, 2.05) is 79.7 Å². The van der Waals surface area contributed by atoms with Gasteiger partial charge in [-0.25, -0.2) is 9.59 Å². The fourth-order valence-electron chi connectivity index (χ4n) is 4.57. The zero-order valence-corrected chi connectivity index (χ0v) is 23.8. The molecule has 1 aromatic heterocycles. The van der Waals surface area contributed by atoms with Gasteiger partial charge in [0.15, 0.2) is 0 Å². The van der Waals surface area contributed by atoms with Crippen molar-refractivity contribution in [3.63, 3.8) is 0 Å². The van der Waals surface area contributed by atoms with Crippen molar-refractivity contribution >= 4 is 50.9 Å². The second-order valence-corrected chi connectivity index (χ2v) is 9.55. The van der Waals surface area contributed by atoms with Gasteiger partial charge in [0.25, 0.3) is 0 Å². The van der Waals surface area contributed by atoms with Crippen LogP contribution in [0, 0.1) is 6.92 Å². The Balaban J connectivity index is 1.53. The topological polar surface area (TPSA) is 87.4 Å². The minimum absolute atomic E-state index is 0.0488. The zero-order chi connectivity index (χ0) is 30.2. The smallest absolute Gasteiger partial charge is 0.330 e. The van der Waals surface area contributed by atoms with E-state index in [1.54, 1.807) is 6.07 Å². The molecular formula is C35H31NO7. The van der Waals surface area contributed by atoms with Gasteiger partial charge in [0, 0.05) is 58.6 Å². The summed E-state index contributed by atoms with van der Waals surface area (Å²) in [6.07, 6.45) is 2.20. The van der Waals surface area contributed by atoms with Gasteiger partial charge in [-0.05, 0) is 37.3 Å². The highest BCUT2D eigenvalue weighted by molar-refractivity contribution is 6.06. The number of furan rings is 1. The van der Waals surface area contributed by atoms with Gasteiger partial charge in [0.05, 0.1) is 5.69 Å². The molecule has 0 atom stereocenters. The minimum Gasteiger partial charge on any atom is -0.490 e. The van der Waals surface area contributed by atoms with E-state index in [9.17, 15) is 9.59 Å². The highest BCUT2D eigenvalue weighted by Gasteiger charge is 2.18. The number of carbonyl (C=O) groups excluding carboxylic acids is 2. The molecule has 0 aliphatic rings. The number of para-hydroxylation sites is 1. The highest BCUT2D eigenvalue weighted by Crippen LogP contribution is 2.41. The summed E-state index contributed by atoms with van der Waals surface area (Å²) in [5, 5.41) is 2.07. The number of ether oxygens (including phenoxy) is 4. The molecule has 0 amide bonds. The average molecular weight is 578 g/mol. The number of benzene rings is 4. The summed E-state index contributed by atoms with van der Waals surface area (Å²) in [6, 6.07) is 27.7. The van der Waals surface area contributed by atoms with Crippen LogP contribution in [-0.2, 0) is 19.1 Å². The molecule has 1 heterocycles. The predicted molar refractivity (Wildman–Crippen MR) is 166 cm³/mol. The summed E-state index contributed by atoms with van der Waals surface area (Å²) in [5.41, 5.74) is 5.21. The monoisotopic (exact) mass is 577 g/mol. The summed E-state index contributed by atoms with van der Waals surface area (Å²) in [5.74, 6) is -0.0664. The Morgan fingerprint density at radius 3 is 1.88 bits per heavy atom. The molecule has 43 heavy (non-hydrogen) atoms. The Morgan fingerprint density at radius 1 is 0.674 bits per heavy atom. The normalized spacial score (nSPS) is 10.7. The van der Waals surface area contributed by atoms with Crippen molar-refractivity contribution in [2.24, 2.45) is 0 Å². The Morgan fingerprint density at radius 2 is 1.26 bits per heavy atom. The maximum atomic E-state index is 11.5. The Hall–Kier alpha value is -5.50. The van der Waals surface area contributed by atoms with Crippen molar-refractivity contribution in [1.82, 2.24) is 0 Å². The molecule has 4 aromatic carbocycles. The van der Waals surface area contributed by atoms with Crippen molar-refractivity contribution in [2.75, 3.05) is 31.3 Å². The molecule has 0 saturated carbocycles. The number of nitrogens with zero attached hydrogens (tertiary/aromatic N) is 1. The number of hydrogen-bond donors (Lipinski definition) is 0. The molecular weight excluding hydrogens is 546 g/mol. The maximum absolute atomic E-state index is 11.5. The van der Waals surface area contributed by atoms with Crippen molar-refractivity contribution in [3.8, 4) is 11.5 Å². The van der Waals surface area contributed by atoms with Gasteiger partial charge in [-0.2, -0.15) is 0 Å². The van der Waals surface area contributed by atoms with Crippen molar-refractivity contribution < 1.29 is 33.0 Å². The summed E-state index contributed by atoms with van der Waals surface area (Å²) in [4.78, 5) is 25.0. The number of esters is 2. The number of fused-ring (bicyclic) bond motifs is 3. The van der Waals surface area contributed by atoms with Crippen LogP contribution >= 0.6 is 0 Å². The van der Waals surface area contributed by atoms with Crippen LogP contribution in [0.3, 0.4) is 0 Å². The third-order valence-electron chi connectivity index (χ3n) is 6.56. The van der Waals surface area contributed by atoms with Crippen LogP contribution in [0.1, 0.15) is 5.56 Å². The first kappa shape index (κ1) is 29.0. The van der Waals surface area contributed by atoms with Gasteiger partial charge >= 0.3 is 11.9 Å². The summed E-state index contributed by atoms with van der Waals surface area (Å²) in [7, 11) is 0.